The number of amides is 1. The van der Waals surface area contributed by atoms with E-state index >= 15 is 0 Å². The van der Waals surface area contributed by atoms with Crippen molar-refractivity contribution in [2.75, 3.05) is 20.2 Å². The summed E-state index contributed by atoms with van der Waals surface area (Å²) in [5, 5.41) is 11.5. The fraction of sp³-hybridized carbons (Fsp3) is 0.909. The van der Waals surface area contributed by atoms with Gasteiger partial charge in [-0.2, -0.15) is 0 Å². The molecule has 4 heteroatoms. The molecule has 2 N–H and O–H groups in total. The van der Waals surface area contributed by atoms with Gasteiger partial charge in [-0.3, -0.25) is 9.69 Å². The second-order valence-corrected chi connectivity index (χ2v) is 4.38. The summed E-state index contributed by atoms with van der Waals surface area (Å²) < 4.78 is 0. The summed E-state index contributed by atoms with van der Waals surface area (Å²) in [7, 11) is 2.11. The highest BCUT2D eigenvalue weighted by atomic mass is 16.3. The molecule has 88 valence electrons. The number of likely N-dealkylation sites (N-methyl/N-ethyl adjacent to an activating group) is 1. The monoisotopic (exact) mass is 214 g/mol. The van der Waals surface area contributed by atoms with E-state index in [-0.39, 0.29) is 12.5 Å². The number of aliphatic hydroxyl groups is 1. The first-order valence-corrected chi connectivity index (χ1v) is 5.74. The molecule has 0 aliphatic heterocycles. The largest absolute Gasteiger partial charge is 0.396 e. The first kappa shape index (κ1) is 12.5. The summed E-state index contributed by atoms with van der Waals surface area (Å²) in [6.45, 7) is 2.92. The topological polar surface area (TPSA) is 52.6 Å². The highest BCUT2D eigenvalue weighted by Crippen LogP contribution is 2.26. The molecule has 4 nitrogen and oxygen atoms in total. The van der Waals surface area contributed by atoms with Gasteiger partial charge in [-0.1, -0.05) is 0 Å². The zero-order valence-electron chi connectivity index (χ0n) is 9.70. The predicted octanol–water partition coefficient (Wildman–Crippen LogP) is 0.358. The van der Waals surface area contributed by atoms with Gasteiger partial charge < -0.3 is 10.4 Å². The van der Waals surface area contributed by atoms with E-state index in [2.05, 4.69) is 24.2 Å². The van der Waals surface area contributed by atoms with Gasteiger partial charge in [0.05, 0.1) is 0 Å². The van der Waals surface area contributed by atoms with Crippen molar-refractivity contribution in [1.82, 2.24) is 10.2 Å². The van der Waals surface area contributed by atoms with Gasteiger partial charge in [0.15, 0.2) is 0 Å². The third-order valence-corrected chi connectivity index (χ3v) is 2.97. The summed E-state index contributed by atoms with van der Waals surface area (Å²) in [4.78, 5) is 13.6. The molecule has 0 heterocycles. The average Bonchev–Trinajstić information content (AvgIpc) is 3.05. The van der Waals surface area contributed by atoms with Crippen molar-refractivity contribution in [3.05, 3.63) is 0 Å². The van der Waals surface area contributed by atoms with Crippen molar-refractivity contribution >= 4 is 5.91 Å². The minimum Gasteiger partial charge on any atom is -0.396 e. The molecule has 0 aromatic heterocycles. The van der Waals surface area contributed by atoms with E-state index < -0.39 is 0 Å². The molecule has 0 bridgehead atoms. The summed E-state index contributed by atoms with van der Waals surface area (Å²) in [5.41, 5.74) is 0. The van der Waals surface area contributed by atoms with E-state index in [4.69, 9.17) is 5.11 Å². The molecule has 1 aliphatic carbocycles. The molecule has 1 aliphatic rings. The highest BCUT2D eigenvalue weighted by molar-refractivity contribution is 5.75. The lowest BCUT2D eigenvalue weighted by Gasteiger charge is -2.24. The van der Waals surface area contributed by atoms with Crippen LogP contribution in [0.1, 0.15) is 32.6 Å². The van der Waals surface area contributed by atoms with Crippen molar-refractivity contribution in [2.45, 2.75) is 44.7 Å². The van der Waals surface area contributed by atoms with Crippen LogP contribution in [0.5, 0.6) is 0 Å². The van der Waals surface area contributed by atoms with Gasteiger partial charge in [0.2, 0.25) is 5.91 Å². The van der Waals surface area contributed by atoms with Crippen molar-refractivity contribution in [3.8, 4) is 0 Å². The summed E-state index contributed by atoms with van der Waals surface area (Å²) in [6, 6.07) is 1.13. The van der Waals surface area contributed by atoms with Crippen LogP contribution in [-0.4, -0.2) is 48.2 Å². The molecule has 1 atom stereocenters. The fourth-order valence-electron chi connectivity index (χ4n) is 1.58. The minimum absolute atomic E-state index is 0.0418. The first-order chi connectivity index (χ1) is 7.15. The van der Waals surface area contributed by atoms with Crippen LogP contribution in [0.25, 0.3) is 0 Å². The minimum atomic E-state index is 0.0418. The number of carbonyl (C=O) groups is 1. The molecular formula is C11H22N2O2. The number of carbonyl (C=O) groups excluding carboxylic acids is 1. The van der Waals surface area contributed by atoms with Gasteiger partial charge in [-0.25, -0.2) is 0 Å². The lowest BCUT2D eigenvalue weighted by molar-refractivity contribution is -0.121. The van der Waals surface area contributed by atoms with Gasteiger partial charge in [0.25, 0.3) is 0 Å². The Hall–Kier alpha value is -0.610. The maximum atomic E-state index is 11.3. The molecule has 0 radical (unpaired) electrons. The zero-order chi connectivity index (χ0) is 11.3. The Morgan fingerprint density at radius 2 is 2.27 bits per heavy atom. The average molecular weight is 214 g/mol. The predicted molar refractivity (Wildman–Crippen MR) is 59.6 cm³/mol. The molecule has 0 spiro atoms. The van der Waals surface area contributed by atoms with Crippen LogP contribution in [0, 0.1) is 0 Å². The maximum absolute atomic E-state index is 11.3. The van der Waals surface area contributed by atoms with Crippen LogP contribution in [0.15, 0.2) is 0 Å². The molecule has 1 unspecified atom stereocenters. The molecule has 1 saturated carbocycles. The van der Waals surface area contributed by atoms with Crippen LogP contribution in [-0.2, 0) is 4.79 Å². The Morgan fingerprint density at radius 3 is 2.80 bits per heavy atom. The van der Waals surface area contributed by atoms with Gasteiger partial charge in [-0.15, -0.1) is 0 Å². The lowest BCUT2D eigenvalue weighted by atomic mass is 10.2. The second-order valence-electron chi connectivity index (χ2n) is 4.38. The van der Waals surface area contributed by atoms with E-state index in [1.54, 1.807) is 0 Å². The standard InChI is InChI=1S/C11H22N2O2/c1-9(13(2)10-5-6-10)8-12-11(15)4-3-7-14/h9-10,14H,3-8H2,1-2H3,(H,12,15). The highest BCUT2D eigenvalue weighted by Gasteiger charge is 2.28. The Balaban J connectivity index is 2.09. The first-order valence-electron chi connectivity index (χ1n) is 5.74. The number of nitrogens with one attached hydrogen (secondary N) is 1. The maximum Gasteiger partial charge on any atom is 0.220 e. The summed E-state index contributed by atoms with van der Waals surface area (Å²) in [6.07, 6.45) is 3.56. The second kappa shape index (κ2) is 6.08. The number of rotatable bonds is 7. The third kappa shape index (κ3) is 4.62. The van der Waals surface area contributed by atoms with E-state index in [9.17, 15) is 4.79 Å². The lowest BCUT2D eigenvalue weighted by Crippen LogP contribution is -2.41. The van der Waals surface area contributed by atoms with Gasteiger partial charge >= 0.3 is 0 Å². The van der Waals surface area contributed by atoms with Gasteiger partial charge in [0.1, 0.15) is 0 Å². The van der Waals surface area contributed by atoms with Crippen molar-refractivity contribution in [1.29, 1.82) is 0 Å². The van der Waals surface area contributed by atoms with Crippen molar-refractivity contribution in [2.24, 2.45) is 0 Å². The molecule has 0 aromatic rings. The third-order valence-electron chi connectivity index (χ3n) is 2.97. The summed E-state index contributed by atoms with van der Waals surface area (Å²) >= 11 is 0. The fourth-order valence-corrected chi connectivity index (χ4v) is 1.58. The van der Waals surface area contributed by atoms with E-state index in [1.807, 2.05) is 0 Å². The van der Waals surface area contributed by atoms with Crippen molar-refractivity contribution < 1.29 is 9.90 Å². The zero-order valence-corrected chi connectivity index (χ0v) is 9.70. The molecule has 1 fully saturated rings. The Bertz CT molecular complexity index is 205. The van der Waals surface area contributed by atoms with Crippen LogP contribution >= 0.6 is 0 Å². The van der Waals surface area contributed by atoms with E-state index in [0.29, 0.717) is 25.4 Å². The summed E-state index contributed by atoms with van der Waals surface area (Å²) in [5.74, 6) is 0.0418. The quantitative estimate of drug-likeness (QED) is 0.643. The molecule has 15 heavy (non-hydrogen) atoms. The Labute approximate surface area is 91.6 Å². The normalized spacial score (nSPS) is 17.9. The van der Waals surface area contributed by atoms with Gasteiger partial charge in [-0.05, 0) is 33.2 Å². The van der Waals surface area contributed by atoms with E-state index in [0.717, 1.165) is 6.04 Å². The molecular weight excluding hydrogens is 192 g/mol. The number of aliphatic hydroxyl groups excluding tert-OH is 1. The van der Waals surface area contributed by atoms with Crippen LogP contribution < -0.4 is 5.32 Å². The molecule has 1 amide bonds. The molecule has 0 saturated heterocycles. The number of hydrogen-bond acceptors (Lipinski definition) is 3. The van der Waals surface area contributed by atoms with E-state index in [1.165, 1.54) is 12.8 Å². The molecule has 1 rings (SSSR count). The Morgan fingerprint density at radius 1 is 1.60 bits per heavy atom. The van der Waals surface area contributed by atoms with Crippen LogP contribution in [0.2, 0.25) is 0 Å². The van der Waals surface area contributed by atoms with Crippen molar-refractivity contribution in [3.63, 3.8) is 0 Å². The number of nitrogens with zero attached hydrogens (tertiary/aromatic N) is 1. The SMILES string of the molecule is CC(CNC(=O)CCCO)N(C)C1CC1. The van der Waals surface area contributed by atoms with Gasteiger partial charge in [0, 0.05) is 31.7 Å². The smallest absolute Gasteiger partial charge is 0.220 e. The number of hydrogen-bond donors (Lipinski definition) is 2. The van der Waals surface area contributed by atoms with Crippen LogP contribution in [0.4, 0.5) is 0 Å². The molecule has 0 aromatic carbocycles. The van der Waals surface area contributed by atoms with Crippen LogP contribution in [0.3, 0.4) is 0 Å². The Kier molecular flexibility index (Phi) is 5.05.